The first-order valence-electron chi connectivity index (χ1n) is 10.4. The maximum Gasteiger partial charge on any atom is 0.170 e. The molecule has 1 aliphatic heterocycles. The Morgan fingerprint density at radius 1 is 1.03 bits per heavy atom. The van der Waals surface area contributed by atoms with E-state index in [0.717, 1.165) is 34.8 Å². The fraction of sp³-hybridized carbons (Fsp3) is 0.222. The molecule has 31 heavy (non-hydrogen) atoms. The Kier molecular flexibility index (Phi) is 6.08. The second kappa shape index (κ2) is 9.09. The molecule has 0 N–H and O–H groups in total. The Bertz CT molecular complexity index is 1090. The van der Waals surface area contributed by atoms with Gasteiger partial charge in [0.2, 0.25) is 0 Å². The van der Waals surface area contributed by atoms with Crippen LogP contribution in [0.4, 0.5) is 0 Å². The molecule has 0 aliphatic carbocycles. The third-order valence-electron chi connectivity index (χ3n) is 5.28. The average Bonchev–Trinajstić information content (AvgIpc) is 2.78. The van der Waals surface area contributed by atoms with Crippen molar-refractivity contribution < 1.29 is 19.0 Å². The van der Waals surface area contributed by atoms with Gasteiger partial charge in [-0.2, -0.15) is 0 Å². The molecule has 0 radical (unpaired) electrons. The molecule has 0 aromatic heterocycles. The van der Waals surface area contributed by atoms with Crippen molar-refractivity contribution in [2.45, 2.75) is 32.8 Å². The zero-order valence-corrected chi connectivity index (χ0v) is 18.1. The van der Waals surface area contributed by atoms with Gasteiger partial charge in [0.25, 0.3) is 0 Å². The van der Waals surface area contributed by atoms with Gasteiger partial charge in [-0.15, -0.1) is 0 Å². The van der Waals surface area contributed by atoms with Crippen molar-refractivity contribution >= 4 is 5.78 Å². The smallest absolute Gasteiger partial charge is 0.170 e. The van der Waals surface area contributed by atoms with Gasteiger partial charge in [-0.3, -0.25) is 4.79 Å². The van der Waals surface area contributed by atoms with Crippen molar-refractivity contribution in [3.63, 3.8) is 0 Å². The van der Waals surface area contributed by atoms with Crippen molar-refractivity contribution in [3.8, 4) is 23.0 Å². The lowest BCUT2D eigenvalue weighted by molar-refractivity contribution is 0.0849. The summed E-state index contributed by atoms with van der Waals surface area (Å²) >= 11 is 0. The zero-order valence-electron chi connectivity index (χ0n) is 18.1. The van der Waals surface area contributed by atoms with E-state index in [4.69, 9.17) is 14.2 Å². The third kappa shape index (κ3) is 4.80. The number of ether oxygens (including phenoxy) is 3. The summed E-state index contributed by atoms with van der Waals surface area (Å²) in [5.74, 6) is 2.91. The topological polar surface area (TPSA) is 44.8 Å². The monoisotopic (exact) mass is 414 g/mol. The fourth-order valence-corrected chi connectivity index (χ4v) is 3.62. The van der Waals surface area contributed by atoms with Crippen LogP contribution < -0.4 is 14.2 Å². The van der Waals surface area contributed by atoms with Crippen LogP contribution in [-0.4, -0.2) is 12.9 Å². The highest BCUT2D eigenvalue weighted by Gasteiger charge is 2.29. The average molecular weight is 415 g/mol. The lowest BCUT2D eigenvalue weighted by atomic mass is 9.94. The van der Waals surface area contributed by atoms with Gasteiger partial charge in [0.05, 0.1) is 19.1 Å². The van der Waals surface area contributed by atoms with Crippen LogP contribution in [0.5, 0.6) is 23.0 Å². The molecule has 3 aromatic rings. The molecule has 0 fully saturated rings. The van der Waals surface area contributed by atoms with Crippen LogP contribution in [0.1, 0.15) is 47.9 Å². The number of methoxy groups -OCH3 is 1. The minimum atomic E-state index is -0.334. The van der Waals surface area contributed by atoms with Crippen LogP contribution in [-0.2, 0) is 6.42 Å². The Morgan fingerprint density at radius 2 is 1.74 bits per heavy atom. The highest BCUT2D eigenvalue weighted by molar-refractivity contribution is 6.00. The van der Waals surface area contributed by atoms with E-state index in [-0.39, 0.29) is 11.9 Å². The number of allylic oxidation sites excluding steroid dienone is 2. The number of hydrogen-bond acceptors (Lipinski definition) is 4. The fourth-order valence-electron chi connectivity index (χ4n) is 3.62. The normalized spacial score (nSPS) is 14.9. The summed E-state index contributed by atoms with van der Waals surface area (Å²) in [6, 6.07) is 21.1. The number of ketones is 1. The zero-order chi connectivity index (χ0) is 21.8. The van der Waals surface area contributed by atoms with E-state index in [9.17, 15) is 4.79 Å². The molecule has 0 spiro atoms. The number of benzene rings is 3. The number of carbonyl (C=O) groups excluding carboxylic acids is 1. The van der Waals surface area contributed by atoms with Gasteiger partial charge in [0.15, 0.2) is 5.78 Å². The number of fused-ring (bicyclic) bond motifs is 1. The standard InChI is InChI=1S/C27H26O4/c1-18(2)9-10-20-15-23-24(28)16-26(31-27(23)17-25(20)29-3)19-11-13-22(14-12-19)30-21-7-5-4-6-8-21/h4-9,11-15,17,26H,10,16H2,1-3H3/t26-/m0/s1. The van der Waals surface area contributed by atoms with Crippen molar-refractivity contribution in [3.05, 3.63) is 95.1 Å². The largest absolute Gasteiger partial charge is 0.496 e. The Labute approximate surface area is 183 Å². The molecule has 4 rings (SSSR count). The molecule has 0 saturated carbocycles. The summed E-state index contributed by atoms with van der Waals surface area (Å²) < 4.78 is 17.6. The van der Waals surface area contributed by atoms with Gasteiger partial charge in [0.1, 0.15) is 29.1 Å². The maximum absolute atomic E-state index is 12.9. The first kappa shape index (κ1) is 20.7. The van der Waals surface area contributed by atoms with E-state index >= 15 is 0 Å². The highest BCUT2D eigenvalue weighted by Crippen LogP contribution is 2.39. The summed E-state index contributed by atoms with van der Waals surface area (Å²) in [6.07, 6.45) is 2.82. The van der Waals surface area contributed by atoms with Crippen LogP contribution >= 0.6 is 0 Å². The van der Waals surface area contributed by atoms with E-state index < -0.39 is 0 Å². The molecule has 0 bridgehead atoms. The molecule has 4 nitrogen and oxygen atoms in total. The summed E-state index contributed by atoms with van der Waals surface area (Å²) in [6.45, 7) is 4.11. The van der Waals surface area contributed by atoms with Gasteiger partial charge in [0, 0.05) is 6.07 Å². The van der Waals surface area contributed by atoms with Crippen molar-refractivity contribution in [1.29, 1.82) is 0 Å². The molecule has 4 heteroatoms. The minimum absolute atomic E-state index is 0.0805. The van der Waals surface area contributed by atoms with Gasteiger partial charge in [-0.1, -0.05) is 42.0 Å². The van der Waals surface area contributed by atoms with Crippen LogP contribution in [0.15, 0.2) is 78.4 Å². The van der Waals surface area contributed by atoms with E-state index in [1.165, 1.54) is 5.57 Å². The number of carbonyl (C=O) groups is 1. The quantitative estimate of drug-likeness (QED) is 0.421. The lowest BCUT2D eigenvalue weighted by Crippen LogP contribution is -2.20. The molecule has 0 amide bonds. The second-order valence-corrected chi connectivity index (χ2v) is 7.86. The van der Waals surface area contributed by atoms with Crippen LogP contribution in [0.25, 0.3) is 0 Å². The van der Waals surface area contributed by atoms with Crippen molar-refractivity contribution in [1.82, 2.24) is 0 Å². The Balaban J connectivity index is 1.54. The molecule has 1 heterocycles. The number of hydrogen-bond donors (Lipinski definition) is 0. The van der Waals surface area contributed by atoms with E-state index in [2.05, 4.69) is 19.9 Å². The maximum atomic E-state index is 12.9. The molecular weight excluding hydrogens is 388 g/mol. The molecule has 0 unspecified atom stereocenters. The summed E-state index contributed by atoms with van der Waals surface area (Å²) in [5, 5.41) is 0. The van der Waals surface area contributed by atoms with Crippen molar-refractivity contribution in [2.24, 2.45) is 0 Å². The first-order chi connectivity index (χ1) is 15.0. The minimum Gasteiger partial charge on any atom is -0.496 e. The highest BCUT2D eigenvalue weighted by atomic mass is 16.5. The molecule has 0 saturated heterocycles. The molecule has 1 atom stereocenters. The predicted octanol–water partition coefficient (Wildman–Crippen LogP) is 6.70. The van der Waals surface area contributed by atoms with Gasteiger partial charge in [-0.05, 0) is 61.7 Å². The number of rotatable bonds is 6. The number of Topliss-reactive ketones (excluding diaryl/α,β-unsaturated/α-hetero) is 1. The second-order valence-electron chi connectivity index (χ2n) is 7.86. The summed E-state index contributed by atoms with van der Waals surface area (Å²) in [7, 11) is 1.64. The number of para-hydroxylation sites is 1. The third-order valence-corrected chi connectivity index (χ3v) is 5.28. The predicted molar refractivity (Wildman–Crippen MR) is 121 cm³/mol. The van der Waals surface area contributed by atoms with Gasteiger partial charge < -0.3 is 14.2 Å². The van der Waals surface area contributed by atoms with E-state index in [0.29, 0.717) is 17.7 Å². The Hall–Kier alpha value is -3.53. The van der Waals surface area contributed by atoms with Gasteiger partial charge >= 0.3 is 0 Å². The molecule has 158 valence electrons. The molecule has 1 aliphatic rings. The Morgan fingerprint density at radius 3 is 2.42 bits per heavy atom. The summed E-state index contributed by atoms with van der Waals surface area (Å²) in [5.41, 5.74) is 3.77. The SMILES string of the molecule is COc1cc2c(cc1CC=C(C)C)C(=O)C[C@@H](c1ccc(Oc3ccccc3)cc1)O2. The van der Waals surface area contributed by atoms with E-state index in [1.807, 2.05) is 66.7 Å². The van der Waals surface area contributed by atoms with Crippen molar-refractivity contribution in [2.75, 3.05) is 7.11 Å². The first-order valence-corrected chi connectivity index (χ1v) is 10.4. The van der Waals surface area contributed by atoms with E-state index in [1.54, 1.807) is 7.11 Å². The molecule has 3 aromatic carbocycles. The molecular formula is C27H26O4. The van der Waals surface area contributed by atoms with Gasteiger partial charge in [-0.25, -0.2) is 0 Å². The van der Waals surface area contributed by atoms with Crippen LogP contribution in [0.3, 0.4) is 0 Å². The van der Waals surface area contributed by atoms with Crippen LogP contribution in [0, 0.1) is 0 Å². The lowest BCUT2D eigenvalue weighted by Gasteiger charge is -2.27. The van der Waals surface area contributed by atoms with Crippen LogP contribution in [0.2, 0.25) is 0 Å². The summed E-state index contributed by atoms with van der Waals surface area (Å²) in [4.78, 5) is 12.9.